The number of fused-ring (bicyclic) bond motifs is 1. The summed E-state index contributed by atoms with van der Waals surface area (Å²) in [6, 6.07) is 18.0. The average Bonchev–Trinajstić information content (AvgIpc) is 3.15. The molecule has 29 heavy (non-hydrogen) atoms. The Morgan fingerprint density at radius 1 is 1.10 bits per heavy atom. The molecule has 5 nitrogen and oxygen atoms in total. The lowest BCUT2D eigenvalue weighted by Gasteiger charge is -2.25. The predicted octanol–water partition coefficient (Wildman–Crippen LogP) is 3.66. The molecule has 1 aliphatic heterocycles. The summed E-state index contributed by atoms with van der Waals surface area (Å²) < 4.78 is 1.76. The normalized spacial score (nSPS) is 19.0. The van der Waals surface area contributed by atoms with E-state index in [2.05, 4.69) is 36.3 Å². The number of carbonyl (C=O) groups excluding carboxylic acids is 1. The zero-order valence-corrected chi connectivity index (χ0v) is 16.9. The molecule has 2 aromatic carbocycles. The van der Waals surface area contributed by atoms with E-state index in [-0.39, 0.29) is 16.8 Å². The van der Waals surface area contributed by atoms with Gasteiger partial charge >= 0.3 is 0 Å². The van der Waals surface area contributed by atoms with Crippen LogP contribution in [0, 0.1) is 5.41 Å². The predicted molar refractivity (Wildman–Crippen MR) is 115 cm³/mol. The van der Waals surface area contributed by atoms with Crippen molar-refractivity contribution in [2.75, 3.05) is 13.1 Å². The molecule has 0 aliphatic carbocycles. The molecule has 0 spiro atoms. The van der Waals surface area contributed by atoms with Crippen LogP contribution in [0.15, 0.2) is 65.6 Å². The van der Waals surface area contributed by atoms with Crippen molar-refractivity contribution < 1.29 is 4.79 Å². The van der Waals surface area contributed by atoms with Crippen molar-refractivity contribution in [1.82, 2.24) is 14.7 Å². The Morgan fingerprint density at radius 3 is 2.69 bits per heavy atom. The van der Waals surface area contributed by atoms with E-state index in [9.17, 15) is 9.59 Å². The third-order valence-electron chi connectivity index (χ3n) is 6.07. The van der Waals surface area contributed by atoms with Gasteiger partial charge in [0.15, 0.2) is 0 Å². The van der Waals surface area contributed by atoms with Crippen LogP contribution in [-0.4, -0.2) is 33.7 Å². The van der Waals surface area contributed by atoms with Gasteiger partial charge in [-0.2, -0.15) is 5.10 Å². The molecule has 1 saturated heterocycles. The quantitative estimate of drug-likeness (QED) is 0.647. The minimum atomic E-state index is -0.0862. The highest BCUT2D eigenvalue weighted by Gasteiger charge is 2.35. The molecule has 4 rings (SSSR count). The number of carbonyl (C=O) groups is 1. The number of aromatic nitrogens is 2. The minimum Gasteiger partial charge on any atom is -0.342 e. The van der Waals surface area contributed by atoms with Gasteiger partial charge in [0.1, 0.15) is 0 Å². The molecule has 3 aromatic rings. The summed E-state index contributed by atoms with van der Waals surface area (Å²) in [6.45, 7) is 4.41. The number of rotatable bonds is 6. The van der Waals surface area contributed by atoms with Gasteiger partial charge in [-0.25, -0.2) is 0 Å². The Kier molecular flexibility index (Phi) is 5.47. The molecule has 150 valence electrons. The first-order chi connectivity index (χ1) is 14.0. The van der Waals surface area contributed by atoms with E-state index in [4.69, 9.17) is 0 Å². The van der Waals surface area contributed by atoms with Crippen molar-refractivity contribution in [2.45, 2.75) is 39.2 Å². The Bertz CT molecular complexity index is 1060. The number of para-hydroxylation sites is 1. The Labute approximate surface area is 171 Å². The number of hydrogen-bond acceptors (Lipinski definition) is 3. The Balaban J connectivity index is 1.35. The third-order valence-corrected chi connectivity index (χ3v) is 6.07. The Hall–Kier alpha value is -2.95. The number of aryl methyl sites for hydroxylation is 2. The smallest absolute Gasteiger partial charge is 0.224 e. The zero-order valence-electron chi connectivity index (χ0n) is 16.9. The van der Waals surface area contributed by atoms with Crippen molar-refractivity contribution in [3.8, 4) is 0 Å². The molecule has 1 atom stereocenters. The van der Waals surface area contributed by atoms with Crippen LogP contribution in [-0.2, 0) is 17.8 Å². The largest absolute Gasteiger partial charge is 0.342 e. The number of likely N-dealkylation sites (tertiary alicyclic amines) is 1. The van der Waals surface area contributed by atoms with Gasteiger partial charge in [-0.1, -0.05) is 49.4 Å². The maximum absolute atomic E-state index is 12.8. The zero-order chi connectivity index (χ0) is 20.3. The molecule has 5 heteroatoms. The molecule has 1 amide bonds. The summed E-state index contributed by atoms with van der Waals surface area (Å²) in [6.07, 6.45) is 4.92. The number of nitrogens with zero attached hydrogens (tertiary/aromatic N) is 3. The van der Waals surface area contributed by atoms with Crippen LogP contribution in [0.3, 0.4) is 0 Å². The molecule has 0 bridgehead atoms. The maximum atomic E-state index is 12.8. The fourth-order valence-corrected chi connectivity index (χ4v) is 4.23. The van der Waals surface area contributed by atoms with Crippen LogP contribution in [0.4, 0.5) is 0 Å². The van der Waals surface area contributed by atoms with Crippen molar-refractivity contribution in [1.29, 1.82) is 0 Å². The standard InChI is InChI=1S/C24H27N3O2/c1-24(13-11-19-7-3-2-4-8-19)14-16-26(18-24)23(29)12-15-27-21-10-6-5-9-20(21)22(28)17-25-27/h2-10,17H,11-16,18H2,1H3. The molecule has 1 fully saturated rings. The lowest BCUT2D eigenvalue weighted by Crippen LogP contribution is -2.32. The first-order valence-corrected chi connectivity index (χ1v) is 10.3. The first-order valence-electron chi connectivity index (χ1n) is 10.3. The summed E-state index contributed by atoms with van der Waals surface area (Å²) in [5, 5.41) is 4.87. The highest BCUT2D eigenvalue weighted by Crippen LogP contribution is 2.35. The SMILES string of the molecule is CC1(CCc2ccccc2)CCN(C(=O)CCn2ncc(=O)c3ccccc32)C1. The van der Waals surface area contributed by atoms with E-state index in [1.165, 1.54) is 11.8 Å². The van der Waals surface area contributed by atoms with E-state index in [1.807, 2.05) is 29.2 Å². The van der Waals surface area contributed by atoms with Gasteiger partial charge < -0.3 is 4.90 Å². The summed E-state index contributed by atoms with van der Waals surface area (Å²) in [5.74, 6) is 0.165. The topological polar surface area (TPSA) is 55.2 Å². The molecule has 2 heterocycles. The van der Waals surface area contributed by atoms with Crippen molar-refractivity contribution in [3.63, 3.8) is 0 Å². The lowest BCUT2D eigenvalue weighted by atomic mass is 9.83. The van der Waals surface area contributed by atoms with Gasteiger partial charge in [-0.3, -0.25) is 14.3 Å². The van der Waals surface area contributed by atoms with Crippen LogP contribution in [0.25, 0.3) is 10.9 Å². The van der Waals surface area contributed by atoms with Crippen molar-refractivity contribution >= 4 is 16.8 Å². The highest BCUT2D eigenvalue weighted by atomic mass is 16.2. The van der Waals surface area contributed by atoms with Gasteiger partial charge in [0, 0.05) is 24.9 Å². The molecule has 0 saturated carbocycles. The van der Waals surface area contributed by atoms with Gasteiger partial charge in [-0.05, 0) is 42.4 Å². The second-order valence-corrected chi connectivity index (χ2v) is 8.36. The fourth-order valence-electron chi connectivity index (χ4n) is 4.23. The second kappa shape index (κ2) is 8.19. The van der Waals surface area contributed by atoms with Crippen molar-refractivity contribution in [3.05, 3.63) is 76.6 Å². The summed E-state index contributed by atoms with van der Waals surface area (Å²) in [4.78, 5) is 26.8. The third kappa shape index (κ3) is 4.39. The monoisotopic (exact) mass is 389 g/mol. The summed E-state index contributed by atoms with van der Waals surface area (Å²) in [7, 11) is 0. The average molecular weight is 389 g/mol. The van der Waals surface area contributed by atoms with Gasteiger partial charge in [-0.15, -0.1) is 0 Å². The maximum Gasteiger partial charge on any atom is 0.224 e. The van der Waals surface area contributed by atoms with Crippen molar-refractivity contribution in [2.24, 2.45) is 5.41 Å². The van der Waals surface area contributed by atoms with Gasteiger partial charge in [0.05, 0.1) is 18.3 Å². The molecule has 1 aromatic heterocycles. The molecule has 0 N–H and O–H groups in total. The molecule has 0 radical (unpaired) electrons. The lowest BCUT2D eigenvalue weighted by molar-refractivity contribution is -0.130. The van der Waals surface area contributed by atoms with Crippen LogP contribution >= 0.6 is 0 Å². The van der Waals surface area contributed by atoms with E-state index < -0.39 is 0 Å². The van der Waals surface area contributed by atoms with E-state index >= 15 is 0 Å². The van der Waals surface area contributed by atoms with Crippen LogP contribution in [0.5, 0.6) is 0 Å². The molecular formula is C24H27N3O2. The summed E-state index contributed by atoms with van der Waals surface area (Å²) in [5.41, 5.74) is 2.22. The number of benzene rings is 2. The highest BCUT2D eigenvalue weighted by molar-refractivity contribution is 5.79. The Morgan fingerprint density at radius 2 is 1.86 bits per heavy atom. The van der Waals surface area contributed by atoms with E-state index in [0.29, 0.717) is 18.4 Å². The fraction of sp³-hybridized carbons (Fsp3) is 0.375. The first kappa shape index (κ1) is 19.4. The molecule has 1 unspecified atom stereocenters. The minimum absolute atomic E-state index is 0.0862. The van der Waals surface area contributed by atoms with E-state index in [0.717, 1.165) is 37.9 Å². The van der Waals surface area contributed by atoms with Gasteiger partial charge in [0.25, 0.3) is 0 Å². The number of hydrogen-bond donors (Lipinski definition) is 0. The van der Waals surface area contributed by atoms with Crippen LogP contribution < -0.4 is 5.43 Å². The van der Waals surface area contributed by atoms with Gasteiger partial charge in [0.2, 0.25) is 11.3 Å². The molecular weight excluding hydrogens is 362 g/mol. The molecule has 1 aliphatic rings. The number of amides is 1. The second-order valence-electron chi connectivity index (χ2n) is 8.36. The van der Waals surface area contributed by atoms with E-state index in [1.54, 1.807) is 10.7 Å². The summed E-state index contributed by atoms with van der Waals surface area (Å²) >= 11 is 0. The van der Waals surface area contributed by atoms with Crippen LogP contribution in [0.1, 0.15) is 31.7 Å². The van der Waals surface area contributed by atoms with Crippen LogP contribution in [0.2, 0.25) is 0 Å².